The van der Waals surface area contributed by atoms with E-state index in [9.17, 15) is 0 Å². The molecule has 0 radical (unpaired) electrons. The van der Waals surface area contributed by atoms with Gasteiger partial charge in [0.05, 0.1) is 19.4 Å². The van der Waals surface area contributed by atoms with Gasteiger partial charge in [-0.2, -0.15) is 0 Å². The van der Waals surface area contributed by atoms with E-state index >= 15 is 0 Å². The van der Waals surface area contributed by atoms with Crippen molar-refractivity contribution in [3.05, 3.63) is 23.7 Å². The minimum Gasteiger partial charge on any atom is -0.468 e. The lowest BCUT2D eigenvalue weighted by Gasteiger charge is -2.21. The summed E-state index contributed by atoms with van der Waals surface area (Å²) in [6, 6.07) is 2.54. The summed E-state index contributed by atoms with van der Waals surface area (Å²) in [7, 11) is 2.10. The second-order valence-electron chi connectivity index (χ2n) is 4.06. The van der Waals surface area contributed by atoms with Crippen molar-refractivity contribution >= 4 is 0 Å². The summed E-state index contributed by atoms with van der Waals surface area (Å²) in [5, 5.41) is 0. The highest BCUT2D eigenvalue weighted by molar-refractivity contribution is 5.12. The van der Waals surface area contributed by atoms with Crippen LogP contribution in [0.3, 0.4) is 0 Å². The van der Waals surface area contributed by atoms with Crippen LogP contribution in [0.1, 0.15) is 17.7 Å². The SMILES string of the molecule is CN(Cc1cc(CN)co1)C1CCOC1. The Balaban J connectivity index is 1.89. The minimum atomic E-state index is 0.524. The molecule has 1 unspecified atom stereocenters. The average Bonchev–Trinajstić information content (AvgIpc) is 2.87. The highest BCUT2D eigenvalue weighted by Gasteiger charge is 2.20. The van der Waals surface area contributed by atoms with Crippen molar-refractivity contribution in [2.24, 2.45) is 5.73 Å². The van der Waals surface area contributed by atoms with Crippen LogP contribution in [0, 0.1) is 0 Å². The molecule has 1 aromatic heterocycles. The Morgan fingerprint density at radius 3 is 3.07 bits per heavy atom. The van der Waals surface area contributed by atoms with E-state index in [0.29, 0.717) is 12.6 Å². The Hall–Kier alpha value is -0.840. The zero-order valence-electron chi connectivity index (χ0n) is 9.11. The first-order valence-electron chi connectivity index (χ1n) is 5.34. The van der Waals surface area contributed by atoms with Crippen molar-refractivity contribution in [1.82, 2.24) is 4.90 Å². The topological polar surface area (TPSA) is 51.6 Å². The number of nitrogens with two attached hydrogens (primary N) is 1. The van der Waals surface area contributed by atoms with E-state index in [1.54, 1.807) is 6.26 Å². The third kappa shape index (κ3) is 2.59. The first-order chi connectivity index (χ1) is 7.29. The van der Waals surface area contributed by atoms with E-state index in [4.69, 9.17) is 14.9 Å². The molecule has 0 aliphatic carbocycles. The van der Waals surface area contributed by atoms with Crippen molar-refractivity contribution in [2.75, 3.05) is 20.3 Å². The highest BCUT2D eigenvalue weighted by Crippen LogP contribution is 2.15. The number of hydrogen-bond acceptors (Lipinski definition) is 4. The van der Waals surface area contributed by atoms with E-state index in [-0.39, 0.29) is 0 Å². The van der Waals surface area contributed by atoms with Crippen LogP contribution in [-0.2, 0) is 17.8 Å². The Labute approximate surface area is 90.0 Å². The molecule has 2 rings (SSSR count). The molecule has 0 amide bonds. The quantitative estimate of drug-likeness (QED) is 0.804. The maximum atomic E-state index is 5.52. The maximum absolute atomic E-state index is 5.52. The van der Waals surface area contributed by atoms with Gasteiger partial charge >= 0.3 is 0 Å². The van der Waals surface area contributed by atoms with Crippen LogP contribution in [0.5, 0.6) is 0 Å². The molecule has 1 atom stereocenters. The van der Waals surface area contributed by atoms with Gasteiger partial charge in [-0.25, -0.2) is 0 Å². The van der Waals surface area contributed by atoms with Gasteiger partial charge in [-0.1, -0.05) is 0 Å². The summed E-state index contributed by atoms with van der Waals surface area (Å²) in [4.78, 5) is 2.27. The predicted octanol–water partition coefficient (Wildman–Crippen LogP) is 0.959. The lowest BCUT2D eigenvalue weighted by atomic mass is 10.2. The third-order valence-corrected chi connectivity index (χ3v) is 2.88. The van der Waals surface area contributed by atoms with Crippen LogP contribution in [0.4, 0.5) is 0 Å². The first kappa shape index (κ1) is 10.7. The fraction of sp³-hybridized carbons (Fsp3) is 0.636. The smallest absolute Gasteiger partial charge is 0.118 e. The zero-order chi connectivity index (χ0) is 10.7. The number of likely N-dealkylation sites (N-methyl/N-ethyl adjacent to an activating group) is 1. The molecule has 0 aromatic carbocycles. The molecule has 1 aromatic rings. The molecular weight excluding hydrogens is 192 g/mol. The van der Waals surface area contributed by atoms with E-state index < -0.39 is 0 Å². The molecule has 15 heavy (non-hydrogen) atoms. The Bertz CT molecular complexity index is 305. The van der Waals surface area contributed by atoms with E-state index in [2.05, 4.69) is 11.9 Å². The predicted molar refractivity (Wildman–Crippen MR) is 57.3 cm³/mol. The number of rotatable bonds is 4. The van der Waals surface area contributed by atoms with Crippen LogP contribution in [0.15, 0.2) is 16.7 Å². The van der Waals surface area contributed by atoms with E-state index in [1.807, 2.05) is 6.07 Å². The largest absolute Gasteiger partial charge is 0.468 e. The summed E-state index contributed by atoms with van der Waals surface area (Å²) in [6.45, 7) is 3.08. The summed E-state index contributed by atoms with van der Waals surface area (Å²) < 4.78 is 10.8. The molecule has 1 aliphatic rings. The van der Waals surface area contributed by atoms with Crippen molar-refractivity contribution < 1.29 is 9.15 Å². The molecule has 0 saturated carbocycles. The summed E-state index contributed by atoms with van der Waals surface area (Å²) in [6.07, 6.45) is 2.84. The van der Waals surface area contributed by atoms with Crippen LogP contribution in [-0.4, -0.2) is 31.2 Å². The van der Waals surface area contributed by atoms with Gasteiger partial charge < -0.3 is 14.9 Å². The molecule has 0 bridgehead atoms. The fourth-order valence-corrected chi connectivity index (χ4v) is 1.86. The molecule has 84 valence electrons. The summed E-state index contributed by atoms with van der Waals surface area (Å²) in [5.74, 6) is 0.977. The zero-order valence-corrected chi connectivity index (χ0v) is 9.11. The number of furan rings is 1. The number of ether oxygens (including phenoxy) is 1. The van der Waals surface area contributed by atoms with E-state index in [1.165, 1.54) is 0 Å². The Morgan fingerprint density at radius 2 is 2.47 bits per heavy atom. The molecule has 4 heteroatoms. The molecule has 1 aliphatic heterocycles. The van der Waals surface area contributed by atoms with Crippen molar-refractivity contribution in [2.45, 2.75) is 25.6 Å². The maximum Gasteiger partial charge on any atom is 0.118 e. The van der Waals surface area contributed by atoms with Gasteiger partial charge in [0.15, 0.2) is 0 Å². The third-order valence-electron chi connectivity index (χ3n) is 2.88. The highest BCUT2D eigenvalue weighted by atomic mass is 16.5. The number of hydrogen-bond donors (Lipinski definition) is 1. The van der Waals surface area contributed by atoms with Crippen molar-refractivity contribution in [1.29, 1.82) is 0 Å². The minimum absolute atomic E-state index is 0.524. The van der Waals surface area contributed by atoms with Crippen molar-refractivity contribution in [3.8, 4) is 0 Å². The molecule has 2 heterocycles. The van der Waals surface area contributed by atoms with Crippen LogP contribution >= 0.6 is 0 Å². The van der Waals surface area contributed by atoms with Gasteiger partial charge in [0.1, 0.15) is 5.76 Å². The van der Waals surface area contributed by atoms with Gasteiger partial charge in [-0.3, -0.25) is 4.90 Å². The normalized spacial score (nSPS) is 21.4. The molecule has 1 saturated heterocycles. The number of nitrogens with zero attached hydrogens (tertiary/aromatic N) is 1. The van der Waals surface area contributed by atoms with Gasteiger partial charge in [-0.15, -0.1) is 0 Å². The monoisotopic (exact) mass is 210 g/mol. The molecular formula is C11H18N2O2. The molecule has 4 nitrogen and oxygen atoms in total. The summed E-state index contributed by atoms with van der Waals surface area (Å²) in [5.41, 5.74) is 6.58. The standard InChI is InChI=1S/C11H18N2O2/c1-13(10-2-3-14-8-10)6-11-4-9(5-12)7-15-11/h4,7,10H,2-3,5-6,8,12H2,1H3. The van der Waals surface area contributed by atoms with Crippen LogP contribution in [0.25, 0.3) is 0 Å². The second kappa shape index (κ2) is 4.79. The lowest BCUT2D eigenvalue weighted by Crippen LogP contribution is -2.31. The van der Waals surface area contributed by atoms with E-state index in [0.717, 1.165) is 37.5 Å². The Morgan fingerprint density at radius 1 is 1.60 bits per heavy atom. The van der Waals surface area contributed by atoms with Gasteiger partial charge in [0.2, 0.25) is 0 Å². The second-order valence-corrected chi connectivity index (χ2v) is 4.06. The van der Waals surface area contributed by atoms with Gasteiger partial charge in [-0.05, 0) is 19.5 Å². The average molecular weight is 210 g/mol. The van der Waals surface area contributed by atoms with Crippen molar-refractivity contribution in [3.63, 3.8) is 0 Å². The molecule has 2 N–H and O–H groups in total. The van der Waals surface area contributed by atoms with Crippen LogP contribution < -0.4 is 5.73 Å². The molecule has 0 spiro atoms. The lowest BCUT2D eigenvalue weighted by molar-refractivity contribution is 0.152. The molecule has 1 fully saturated rings. The van der Waals surface area contributed by atoms with Crippen LogP contribution in [0.2, 0.25) is 0 Å². The first-order valence-corrected chi connectivity index (χ1v) is 5.34. The Kier molecular flexibility index (Phi) is 3.41. The van der Waals surface area contributed by atoms with Gasteiger partial charge in [0, 0.05) is 24.8 Å². The fourth-order valence-electron chi connectivity index (χ4n) is 1.86. The summed E-state index contributed by atoms with van der Waals surface area (Å²) >= 11 is 0. The van der Waals surface area contributed by atoms with Gasteiger partial charge in [0.25, 0.3) is 0 Å².